The van der Waals surface area contributed by atoms with Gasteiger partial charge in [-0.2, -0.15) is 0 Å². The number of anilines is 1. The maximum atomic E-state index is 13.2. The van der Waals surface area contributed by atoms with E-state index < -0.39 is 6.10 Å². The molecule has 3 heteroatoms. The van der Waals surface area contributed by atoms with Crippen LogP contribution in [0.2, 0.25) is 0 Å². The summed E-state index contributed by atoms with van der Waals surface area (Å²) in [7, 11) is 2.00. The number of hydrogen-bond acceptors (Lipinski definition) is 2. The van der Waals surface area contributed by atoms with Gasteiger partial charge in [-0.05, 0) is 43.4 Å². The van der Waals surface area contributed by atoms with Crippen molar-refractivity contribution in [3.8, 4) is 0 Å². The first-order valence-corrected chi connectivity index (χ1v) is 6.17. The van der Waals surface area contributed by atoms with Crippen LogP contribution in [0.4, 0.5) is 10.1 Å². The fraction of sp³-hybridized carbons (Fsp3) is 0.571. The third kappa shape index (κ3) is 2.78. The quantitative estimate of drug-likeness (QED) is 0.870. The topological polar surface area (TPSA) is 23.5 Å². The Labute approximate surface area is 102 Å². The highest BCUT2D eigenvalue weighted by molar-refractivity contribution is 5.54. The minimum absolute atomic E-state index is 0.294. The number of nitrogens with zero attached hydrogens (tertiary/aromatic N) is 1. The van der Waals surface area contributed by atoms with E-state index in [0.29, 0.717) is 5.56 Å². The van der Waals surface area contributed by atoms with E-state index in [4.69, 9.17) is 0 Å². The van der Waals surface area contributed by atoms with E-state index in [-0.39, 0.29) is 5.82 Å². The Balaban J connectivity index is 2.18. The van der Waals surface area contributed by atoms with Gasteiger partial charge in [-0.1, -0.05) is 6.92 Å². The van der Waals surface area contributed by atoms with Crippen LogP contribution in [0.3, 0.4) is 0 Å². The zero-order valence-corrected chi connectivity index (χ0v) is 10.7. The Bertz CT molecular complexity index is 405. The summed E-state index contributed by atoms with van der Waals surface area (Å²) in [5.41, 5.74) is 1.60. The van der Waals surface area contributed by atoms with Crippen LogP contribution in [0.5, 0.6) is 0 Å². The van der Waals surface area contributed by atoms with Crippen molar-refractivity contribution in [2.24, 2.45) is 11.8 Å². The highest BCUT2D eigenvalue weighted by Gasteiger charge is 2.33. The molecule has 3 atom stereocenters. The van der Waals surface area contributed by atoms with E-state index in [2.05, 4.69) is 11.8 Å². The monoisotopic (exact) mass is 237 g/mol. The fourth-order valence-corrected chi connectivity index (χ4v) is 2.31. The van der Waals surface area contributed by atoms with Gasteiger partial charge in [0.2, 0.25) is 0 Å². The molecule has 0 aliphatic heterocycles. The predicted octanol–water partition coefficient (Wildman–Crippen LogP) is 2.97. The zero-order chi connectivity index (χ0) is 12.6. The maximum Gasteiger partial charge on any atom is 0.123 e. The largest absolute Gasteiger partial charge is 0.389 e. The number of rotatable bonds is 4. The lowest BCUT2D eigenvalue weighted by Crippen LogP contribution is -2.22. The first-order valence-electron chi connectivity index (χ1n) is 6.17. The standard InChI is InChI=1S/C14H20FNO/c1-9-6-11(9)8-16(3)14-5-4-12(15)7-13(14)10(2)17/h4-5,7,9-11,17H,6,8H2,1-3H3. The minimum atomic E-state index is -0.639. The SMILES string of the molecule is CC(O)c1cc(F)ccc1N(C)CC1CC1C. The second-order valence-electron chi connectivity index (χ2n) is 5.23. The van der Waals surface area contributed by atoms with Crippen molar-refractivity contribution in [1.29, 1.82) is 0 Å². The molecule has 2 nitrogen and oxygen atoms in total. The van der Waals surface area contributed by atoms with Gasteiger partial charge < -0.3 is 10.0 Å². The molecule has 0 aromatic heterocycles. The summed E-state index contributed by atoms with van der Waals surface area (Å²) in [6.07, 6.45) is 0.634. The molecule has 0 radical (unpaired) electrons. The molecular weight excluding hydrogens is 217 g/mol. The van der Waals surface area contributed by atoms with E-state index in [1.807, 2.05) is 7.05 Å². The molecule has 0 bridgehead atoms. The lowest BCUT2D eigenvalue weighted by atomic mass is 10.1. The summed E-state index contributed by atoms with van der Waals surface area (Å²) >= 11 is 0. The van der Waals surface area contributed by atoms with Gasteiger partial charge in [0.15, 0.2) is 0 Å². The summed E-state index contributed by atoms with van der Waals surface area (Å²) in [6.45, 7) is 4.90. The van der Waals surface area contributed by atoms with Crippen molar-refractivity contribution in [3.05, 3.63) is 29.6 Å². The van der Waals surface area contributed by atoms with Crippen molar-refractivity contribution >= 4 is 5.69 Å². The minimum Gasteiger partial charge on any atom is -0.389 e. The Kier molecular flexibility index (Phi) is 3.38. The number of aliphatic hydroxyl groups is 1. The van der Waals surface area contributed by atoms with Crippen LogP contribution in [0.25, 0.3) is 0 Å². The maximum absolute atomic E-state index is 13.2. The van der Waals surface area contributed by atoms with Crippen molar-refractivity contribution in [1.82, 2.24) is 0 Å². The lowest BCUT2D eigenvalue weighted by molar-refractivity contribution is 0.199. The van der Waals surface area contributed by atoms with Gasteiger partial charge in [-0.25, -0.2) is 4.39 Å². The molecule has 1 saturated carbocycles. The summed E-state index contributed by atoms with van der Waals surface area (Å²) < 4.78 is 13.2. The molecule has 1 N–H and O–H groups in total. The number of benzene rings is 1. The smallest absolute Gasteiger partial charge is 0.123 e. The van der Waals surface area contributed by atoms with Gasteiger partial charge in [0.25, 0.3) is 0 Å². The first kappa shape index (κ1) is 12.4. The average Bonchev–Trinajstić information content (AvgIpc) is 2.93. The highest BCUT2D eigenvalue weighted by atomic mass is 19.1. The summed E-state index contributed by atoms with van der Waals surface area (Å²) in [5, 5.41) is 9.69. The predicted molar refractivity (Wildman–Crippen MR) is 67.6 cm³/mol. The molecular formula is C14H20FNO. The highest BCUT2D eigenvalue weighted by Crippen LogP contribution is 2.39. The fourth-order valence-electron chi connectivity index (χ4n) is 2.31. The Morgan fingerprint density at radius 3 is 2.71 bits per heavy atom. The number of aliphatic hydroxyl groups excluding tert-OH is 1. The third-order valence-corrected chi connectivity index (χ3v) is 3.64. The van der Waals surface area contributed by atoms with Crippen molar-refractivity contribution in [3.63, 3.8) is 0 Å². The summed E-state index contributed by atoms with van der Waals surface area (Å²) in [5.74, 6) is 1.25. The second-order valence-corrected chi connectivity index (χ2v) is 5.23. The molecule has 1 aliphatic rings. The van der Waals surface area contributed by atoms with Gasteiger partial charge in [0, 0.05) is 24.8 Å². The Hall–Kier alpha value is -1.09. The van der Waals surface area contributed by atoms with Crippen molar-refractivity contribution in [2.45, 2.75) is 26.4 Å². The van der Waals surface area contributed by atoms with E-state index in [1.54, 1.807) is 13.0 Å². The van der Waals surface area contributed by atoms with Crippen LogP contribution in [-0.2, 0) is 0 Å². The van der Waals surface area contributed by atoms with Crippen LogP contribution in [0, 0.1) is 17.7 Å². The molecule has 17 heavy (non-hydrogen) atoms. The summed E-state index contributed by atoms with van der Waals surface area (Å²) in [4.78, 5) is 2.12. The average molecular weight is 237 g/mol. The Morgan fingerprint density at radius 1 is 1.53 bits per heavy atom. The van der Waals surface area contributed by atoms with E-state index in [1.165, 1.54) is 18.6 Å². The van der Waals surface area contributed by atoms with Crippen LogP contribution < -0.4 is 4.90 Å². The molecule has 94 valence electrons. The van der Waals surface area contributed by atoms with Gasteiger partial charge in [-0.15, -0.1) is 0 Å². The third-order valence-electron chi connectivity index (χ3n) is 3.64. The van der Waals surface area contributed by atoms with Gasteiger partial charge >= 0.3 is 0 Å². The van der Waals surface area contributed by atoms with Crippen LogP contribution in [0.15, 0.2) is 18.2 Å². The molecule has 1 aromatic carbocycles. The van der Waals surface area contributed by atoms with Crippen molar-refractivity contribution < 1.29 is 9.50 Å². The molecule has 1 fully saturated rings. The van der Waals surface area contributed by atoms with E-state index in [0.717, 1.165) is 24.1 Å². The number of hydrogen-bond donors (Lipinski definition) is 1. The van der Waals surface area contributed by atoms with Gasteiger partial charge in [-0.3, -0.25) is 0 Å². The van der Waals surface area contributed by atoms with Gasteiger partial charge in [0.1, 0.15) is 5.82 Å². The molecule has 0 amide bonds. The molecule has 0 saturated heterocycles. The molecule has 0 spiro atoms. The van der Waals surface area contributed by atoms with E-state index in [9.17, 15) is 9.50 Å². The van der Waals surface area contributed by atoms with Crippen LogP contribution in [0.1, 0.15) is 31.9 Å². The molecule has 2 rings (SSSR count). The molecule has 0 heterocycles. The van der Waals surface area contributed by atoms with Gasteiger partial charge in [0.05, 0.1) is 6.10 Å². The van der Waals surface area contributed by atoms with Crippen molar-refractivity contribution in [2.75, 3.05) is 18.5 Å². The van der Waals surface area contributed by atoms with E-state index >= 15 is 0 Å². The Morgan fingerprint density at radius 2 is 2.18 bits per heavy atom. The van der Waals surface area contributed by atoms with Crippen LogP contribution in [-0.4, -0.2) is 18.7 Å². The normalized spacial score (nSPS) is 24.5. The summed E-state index contributed by atoms with van der Waals surface area (Å²) in [6, 6.07) is 4.63. The number of halogens is 1. The zero-order valence-electron chi connectivity index (χ0n) is 10.7. The molecule has 3 unspecified atom stereocenters. The molecule has 1 aromatic rings. The second kappa shape index (κ2) is 4.65. The molecule has 1 aliphatic carbocycles. The first-order chi connectivity index (χ1) is 7.99. The lowest BCUT2D eigenvalue weighted by Gasteiger charge is -2.23. The van der Waals surface area contributed by atoms with Crippen LogP contribution >= 0.6 is 0 Å².